The molecule has 0 bridgehead atoms. The standard InChI is InChI=1S/C31H28FNO6/c1-17-27(31(36)39-15-21-5-4-12-37-21)28(23-16-38-26-7-3-2-6-22(26)30(23)35)29-24(33-17)13-19(14-25(29)34)18-8-10-20(32)11-9-18/h2-3,6-11,16,19,21,28,33H,4-5,12-15H2,1H3/t19-,21-,28-/m0/s1. The highest BCUT2D eigenvalue weighted by molar-refractivity contribution is 6.04. The molecule has 1 fully saturated rings. The van der Waals surface area contributed by atoms with Gasteiger partial charge in [-0.15, -0.1) is 0 Å². The quantitative estimate of drug-likeness (QED) is 0.464. The molecule has 1 aliphatic carbocycles. The molecule has 1 saturated heterocycles. The zero-order chi connectivity index (χ0) is 27.1. The van der Waals surface area contributed by atoms with Crippen LogP contribution in [0.5, 0.6) is 0 Å². The molecule has 6 rings (SSSR count). The summed E-state index contributed by atoms with van der Waals surface area (Å²) in [5.74, 6) is -2.25. The number of carbonyl (C=O) groups excluding carboxylic acids is 2. The summed E-state index contributed by atoms with van der Waals surface area (Å²) in [4.78, 5) is 41.0. The van der Waals surface area contributed by atoms with Crippen LogP contribution in [0.3, 0.4) is 0 Å². The summed E-state index contributed by atoms with van der Waals surface area (Å²) in [6.07, 6.45) is 3.53. The smallest absolute Gasteiger partial charge is 0.336 e. The van der Waals surface area contributed by atoms with E-state index in [1.807, 2.05) is 0 Å². The molecule has 1 aromatic heterocycles. The Morgan fingerprint density at radius 2 is 1.90 bits per heavy atom. The Morgan fingerprint density at radius 1 is 1.10 bits per heavy atom. The van der Waals surface area contributed by atoms with Gasteiger partial charge in [0.25, 0.3) is 0 Å². The van der Waals surface area contributed by atoms with Crippen molar-refractivity contribution in [3.63, 3.8) is 0 Å². The molecule has 0 saturated carbocycles. The second-order valence-electron chi connectivity index (χ2n) is 10.3. The van der Waals surface area contributed by atoms with Crippen molar-refractivity contribution in [1.82, 2.24) is 5.32 Å². The number of esters is 1. The first-order chi connectivity index (χ1) is 18.9. The minimum Gasteiger partial charge on any atom is -0.464 e. The number of hydrogen-bond acceptors (Lipinski definition) is 7. The molecule has 3 aliphatic rings. The third-order valence-electron chi connectivity index (χ3n) is 7.83. The van der Waals surface area contributed by atoms with Crippen LogP contribution in [0.2, 0.25) is 0 Å². The molecule has 2 aromatic carbocycles. The average Bonchev–Trinajstić information content (AvgIpc) is 3.46. The Hall–Kier alpha value is -4.04. The number of benzene rings is 2. The van der Waals surface area contributed by atoms with Crippen LogP contribution < -0.4 is 10.7 Å². The average molecular weight is 530 g/mol. The monoisotopic (exact) mass is 529 g/mol. The van der Waals surface area contributed by atoms with Gasteiger partial charge in [-0.05, 0) is 61.9 Å². The number of carbonyl (C=O) groups is 2. The van der Waals surface area contributed by atoms with Gasteiger partial charge in [0, 0.05) is 35.6 Å². The van der Waals surface area contributed by atoms with E-state index in [9.17, 15) is 18.8 Å². The molecule has 7 nitrogen and oxygen atoms in total. The first kappa shape index (κ1) is 25.2. The van der Waals surface area contributed by atoms with Crippen molar-refractivity contribution in [3.8, 4) is 0 Å². The van der Waals surface area contributed by atoms with Crippen molar-refractivity contribution in [2.24, 2.45) is 0 Å². The Labute approximate surface area is 224 Å². The molecule has 8 heteroatoms. The van der Waals surface area contributed by atoms with Gasteiger partial charge in [0.2, 0.25) is 0 Å². The number of Topliss-reactive ketones (excluding diaryl/α,β-unsaturated/α-hetero) is 1. The summed E-state index contributed by atoms with van der Waals surface area (Å²) >= 11 is 0. The van der Waals surface area contributed by atoms with E-state index in [1.165, 1.54) is 18.4 Å². The van der Waals surface area contributed by atoms with Crippen LogP contribution in [-0.2, 0) is 19.1 Å². The third-order valence-corrected chi connectivity index (χ3v) is 7.83. The number of hydrogen-bond donors (Lipinski definition) is 1. The number of ketones is 1. The van der Waals surface area contributed by atoms with E-state index in [4.69, 9.17) is 13.9 Å². The molecular weight excluding hydrogens is 501 g/mol. The summed E-state index contributed by atoms with van der Waals surface area (Å²) in [6, 6.07) is 13.0. The molecule has 3 aromatic rings. The zero-order valence-electron chi connectivity index (χ0n) is 21.5. The Bertz CT molecular complexity index is 1580. The zero-order valence-corrected chi connectivity index (χ0v) is 21.5. The lowest BCUT2D eigenvalue weighted by Gasteiger charge is -2.36. The van der Waals surface area contributed by atoms with E-state index in [0.717, 1.165) is 18.4 Å². The van der Waals surface area contributed by atoms with E-state index < -0.39 is 11.9 Å². The molecular formula is C31H28FNO6. The van der Waals surface area contributed by atoms with Gasteiger partial charge < -0.3 is 19.2 Å². The normalized spacial score (nSPS) is 23.1. The summed E-state index contributed by atoms with van der Waals surface area (Å²) in [7, 11) is 0. The van der Waals surface area contributed by atoms with Crippen LogP contribution in [0, 0.1) is 5.82 Å². The summed E-state index contributed by atoms with van der Waals surface area (Å²) in [5, 5.41) is 3.64. The summed E-state index contributed by atoms with van der Waals surface area (Å²) in [5.41, 5.74) is 2.91. The van der Waals surface area contributed by atoms with Gasteiger partial charge in [-0.2, -0.15) is 0 Å². The molecule has 0 radical (unpaired) electrons. The Morgan fingerprint density at radius 3 is 2.67 bits per heavy atom. The topological polar surface area (TPSA) is 94.8 Å². The van der Waals surface area contributed by atoms with Gasteiger partial charge in [-0.25, -0.2) is 9.18 Å². The van der Waals surface area contributed by atoms with Crippen LogP contribution in [0.15, 0.2) is 86.5 Å². The molecule has 1 N–H and O–H groups in total. The SMILES string of the molecule is CC1=C(C(=O)OC[C@@H]2CCCO2)[C@H](c2coc3ccccc3c2=O)C2=C(C[C@H](c3ccc(F)cc3)CC2=O)N1. The van der Waals surface area contributed by atoms with E-state index in [-0.39, 0.29) is 53.2 Å². The maximum absolute atomic E-state index is 13.8. The molecule has 2 aliphatic heterocycles. The van der Waals surface area contributed by atoms with Crippen LogP contribution in [-0.4, -0.2) is 31.1 Å². The van der Waals surface area contributed by atoms with E-state index in [1.54, 1.807) is 43.3 Å². The highest BCUT2D eigenvalue weighted by Crippen LogP contribution is 2.45. The number of ether oxygens (including phenoxy) is 2. The molecule has 3 atom stereocenters. The fraction of sp³-hybridized carbons (Fsp3) is 0.323. The predicted molar refractivity (Wildman–Crippen MR) is 141 cm³/mol. The second kappa shape index (κ2) is 10.3. The maximum Gasteiger partial charge on any atom is 0.336 e. The van der Waals surface area contributed by atoms with Gasteiger partial charge in [-0.3, -0.25) is 9.59 Å². The fourth-order valence-electron chi connectivity index (χ4n) is 5.91. The number of dihydropyridines is 1. The molecule has 0 spiro atoms. The lowest BCUT2D eigenvalue weighted by molar-refractivity contribution is -0.142. The number of nitrogens with one attached hydrogen (secondary N) is 1. The lowest BCUT2D eigenvalue weighted by Crippen LogP contribution is -2.38. The third kappa shape index (κ3) is 4.69. The lowest BCUT2D eigenvalue weighted by atomic mass is 9.72. The van der Waals surface area contributed by atoms with Gasteiger partial charge in [0.15, 0.2) is 11.2 Å². The molecule has 0 amide bonds. The van der Waals surface area contributed by atoms with E-state index in [2.05, 4.69) is 5.32 Å². The van der Waals surface area contributed by atoms with Crippen molar-refractivity contribution in [2.45, 2.75) is 50.5 Å². The van der Waals surface area contributed by atoms with Gasteiger partial charge in [0.1, 0.15) is 18.0 Å². The van der Waals surface area contributed by atoms with Crippen molar-refractivity contribution < 1.29 is 27.9 Å². The highest BCUT2D eigenvalue weighted by atomic mass is 19.1. The first-order valence-electron chi connectivity index (χ1n) is 13.2. The summed E-state index contributed by atoms with van der Waals surface area (Å²) < 4.78 is 30.6. The Balaban J connectivity index is 1.43. The van der Waals surface area contributed by atoms with E-state index >= 15 is 0 Å². The Kier molecular flexibility index (Phi) is 6.64. The molecule has 0 unspecified atom stereocenters. The predicted octanol–water partition coefficient (Wildman–Crippen LogP) is 5.02. The van der Waals surface area contributed by atoms with Gasteiger partial charge in [0.05, 0.1) is 29.2 Å². The minimum absolute atomic E-state index is 0.0984. The van der Waals surface area contributed by atoms with Crippen molar-refractivity contribution in [3.05, 3.63) is 105 Å². The van der Waals surface area contributed by atoms with Crippen molar-refractivity contribution >= 4 is 22.7 Å². The van der Waals surface area contributed by atoms with Crippen LogP contribution >= 0.6 is 0 Å². The minimum atomic E-state index is -0.944. The van der Waals surface area contributed by atoms with E-state index in [0.29, 0.717) is 41.0 Å². The second-order valence-corrected chi connectivity index (χ2v) is 10.3. The maximum atomic E-state index is 13.8. The molecule has 3 heterocycles. The number of rotatable bonds is 5. The number of para-hydroxylation sites is 1. The number of allylic oxidation sites excluding steroid dienone is 3. The number of halogens is 1. The van der Waals surface area contributed by atoms with Crippen molar-refractivity contribution in [1.29, 1.82) is 0 Å². The largest absolute Gasteiger partial charge is 0.464 e. The van der Waals surface area contributed by atoms with Crippen LogP contribution in [0.4, 0.5) is 4.39 Å². The fourth-order valence-corrected chi connectivity index (χ4v) is 5.91. The van der Waals surface area contributed by atoms with Gasteiger partial charge >= 0.3 is 5.97 Å². The van der Waals surface area contributed by atoms with Crippen LogP contribution in [0.1, 0.15) is 55.6 Å². The summed E-state index contributed by atoms with van der Waals surface area (Å²) in [6.45, 7) is 2.47. The molecule has 200 valence electrons. The van der Waals surface area contributed by atoms with Crippen LogP contribution in [0.25, 0.3) is 11.0 Å². The van der Waals surface area contributed by atoms with Crippen molar-refractivity contribution in [2.75, 3.05) is 13.2 Å². The molecule has 39 heavy (non-hydrogen) atoms. The highest BCUT2D eigenvalue weighted by Gasteiger charge is 2.43. The number of fused-ring (bicyclic) bond motifs is 1. The van der Waals surface area contributed by atoms with Gasteiger partial charge in [-0.1, -0.05) is 24.3 Å². The first-order valence-corrected chi connectivity index (χ1v) is 13.2.